The average molecular weight is 387 g/mol. The fourth-order valence-electron chi connectivity index (χ4n) is 3.56. The van der Waals surface area contributed by atoms with Crippen molar-refractivity contribution >= 4 is 17.7 Å². The molecule has 7 heteroatoms. The number of ether oxygens (including phenoxy) is 1. The summed E-state index contributed by atoms with van der Waals surface area (Å²) in [6.07, 6.45) is 1.80. The number of benzene rings is 1. The summed E-state index contributed by atoms with van der Waals surface area (Å²) >= 11 is 0. The van der Waals surface area contributed by atoms with Crippen molar-refractivity contribution in [3.05, 3.63) is 29.8 Å². The highest BCUT2D eigenvalue weighted by Crippen LogP contribution is 2.34. The van der Waals surface area contributed by atoms with Gasteiger partial charge in [-0.1, -0.05) is 19.1 Å². The summed E-state index contributed by atoms with van der Waals surface area (Å²) < 4.78 is 6.13. The molecule has 2 N–H and O–H groups in total. The molecule has 2 aliphatic rings. The van der Waals surface area contributed by atoms with E-state index in [2.05, 4.69) is 10.6 Å². The van der Waals surface area contributed by atoms with Crippen LogP contribution in [0.3, 0.4) is 0 Å². The molecule has 2 aliphatic heterocycles. The number of amides is 3. The Kier molecular flexibility index (Phi) is 5.37. The maximum Gasteiger partial charge on any atom is 0.258 e. The summed E-state index contributed by atoms with van der Waals surface area (Å²) in [5.74, 6) is 0.0569. The Balaban J connectivity index is 1.74. The van der Waals surface area contributed by atoms with Crippen LogP contribution < -0.4 is 15.4 Å². The van der Waals surface area contributed by atoms with Crippen molar-refractivity contribution in [2.24, 2.45) is 0 Å². The lowest BCUT2D eigenvalue weighted by Gasteiger charge is -2.38. The first-order valence-electron chi connectivity index (χ1n) is 9.88. The number of fused-ring (bicyclic) bond motifs is 1. The summed E-state index contributed by atoms with van der Waals surface area (Å²) in [5, 5.41) is 5.95. The van der Waals surface area contributed by atoms with Crippen LogP contribution in [0.25, 0.3) is 0 Å². The summed E-state index contributed by atoms with van der Waals surface area (Å²) in [4.78, 5) is 39.5. The SMILES string of the molecule is CCC(C)(C)NC(=O)C(C)N1CCC2(CCC1=O)NC(=O)c1ccccc1O2. The van der Waals surface area contributed by atoms with Crippen molar-refractivity contribution in [1.82, 2.24) is 15.5 Å². The molecular weight excluding hydrogens is 358 g/mol. The Hall–Kier alpha value is -2.57. The smallest absolute Gasteiger partial charge is 0.258 e. The van der Waals surface area contributed by atoms with E-state index in [0.717, 1.165) is 6.42 Å². The molecule has 28 heavy (non-hydrogen) atoms. The Morgan fingerprint density at radius 2 is 2.04 bits per heavy atom. The van der Waals surface area contributed by atoms with E-state index in [4.69, 9.17) is 4.74 Å². The number of para-hydroxylation sites is 1. The molecule has 7 nitrogen and oxygen atoms in total. The molecule has 2 heterocycles. The fraction of sp³-hybridized carbons (Fsp3) is 0.571. The first-order chi connectivity index (χ1) is 13.2. The van der Waals surface area contributed by atoms with Crippen LogP contribution >= 0.6 is 0 Å². The molecule has 3 amide bonds. The summed E-state index contributed by atoms with van der Waals surface area (Å²) in [6.45, 7) is 8.00. The zero-order chi connectivity index (χ0) is 20.5. The molecule has 0 saturated carbocycles. The molecule has 0 radical (unpaired) electrons. The maximum absolute atomic E-state index is 12.7. The molecule has 152 valence electrons. The van der Waals surface area contributed by atoms with Crippen LogP contribution in [-0.4, -0.2) is 46.5 Å². The average Bonchev–Trinajstić information content (AvgIpc) is 2.80. The van der Waals surface area contributed by atoms with Crippen LogP contribution in [-0.2, 0) is 9.59 Å². The van der Waals surface area contributed by atoms with E-state index in [0.29, 0.717) is 30.7 Å². The molecule has 1 saturated heterocycles. The second-order valence-electron chi connectivity index (χ2n) is 8.29. The third kappa shape index (κ3) is 3.98. The summed E-state index contributed by atoms with van der Waals surface area (Å²) in [6, 6.07) is 6.51. The van der Waals surface area contributed by atoms with Gasteiger partial charge in [0.05, 0.1) is 5.56 Å². The van der Waals surface area contributed by atoms with Crippen LogP contribution in [0.5, 0.6) is 5.75 Å². The normalized spacial score (nSPS) is 23.4. The lowest BCUT2D eigenvalue weighted by Crippen LogP contribution is -2.57. The van der Waals surface area contributed by atoms with Gasteiger partial charge in [-0.05, 0) is 39.3 Å². The van der Waals surface area contributed by atoms with Gasteiger partial charge in [-0.15, -0.1) is 0 Å². The van der Waals surface area contributed by atoms with E-state index in [9.17, 15) is 14.4 Å². The van der Waals surface area contributed by atoms with Crippen molar-refractivity contribution in [3.63, 3.8) is 0 Å². The van der Waals surface area contributed by atoms with Gasteiger partial charge in [0, 0.05) is 31.3 Å². The predicted octanol–water partition coefficient (Wildman–Crippen LogP) is 2.21. The van der Waals surface area contributed by atoms with E-state index in [1.54, 1.807) is 30.0 Å². The van der Waals surface area contributed by atoms with Crippen LogP contribution in [0, 0.1) is 0 Å². The second-order valence-corrected chi connectivity index (χ2v) is 8.29. The number of rotatable bonds is 4. The number of carbonyl (C=O) groups is 3. The Labute approximate surface area is 165 Å². The molecular formula is C21H29N3O4. The fourth-order valence-corrected chi connectivity index (χ4v) is 3.56. The predicted molar refractivity (Wildman–Crippen MR) is 105 cm³/mol. The lowest BCUT2D eigenvalue weighted by molar-refractivity contribution is -0.140. The lowest BCUT2D eigenvalue weighted by atomic mass is 10.0. The zero-order valence-electron chi connectivity index (χ0n) is 17.0. The van der Waals surface area contributed by atoms with Gasteiger partial charge in [0.25, 0.3) is 5.91 Å². The molecule has 3 rings (SSSR count). The summed E-state index contributed by atoms with van der Waals surface area (Å²) in [5.41, 5.74) is -0.754. The number of likely N-dealkylation sites (tertiary alicyclic amines) is 1. The number of nitrogens with zero attached hydrogens (tertiary/aromatic N) is 1. The number of hydrogen-bond acceptors (Lipinski definition) is 4. The highest BCUT2D eigenvalue weighted by atomic mass is 16.5. The molecule has 0 aromatic heterocycles. The molecule has 2 unspecified atom stereocenters. The van der Waals surface area contributed by atoms with Crippen molar-refractivity contribution in [2.75, 3.05) is 6.54 Å². The van der Waals surface area contributed by atoms with E-state index >= 15 is 0 Å². The van der Waals surface area contributed by atoms with Gasteiger partial charge < -0.3 is 20.3 Å². The van der Waals surface area contributed by atoms with Gasteiger partial charge >= 0.3 is 0 Å². The van der Waals surface area contributed by atoms with Gasteiger partial charge in [0.1, 0.15) is 11.8 Å². The largest absolute Gasteiger partial charge is 0.467 e. The summed E-state index contributed by atoms with van der Waals surface area (Å²) in [7, 11) is 0. The quantitative estimate of drug-likeness (QED) is 0.829. The van der Waals surface area contributed by atoms with Crippen LogP contribution in [0.2, 0.25) is 0 Å². The second kappa shape index (κ2) is 7.45. The van der Waals surface area contributed by atoms with E-state index in [1.807, 2.05) is 26.8 Å². The zero-order valence-corrected chi connectivity index (χ0v) is 17.0. The van der Waals surface area contributed by atoms with Crippen LogP contribution in [0.4, 0.5) is 0 Å². The highest BCUT2D eigenvalue weighted by molar-refractivity contribution is 5.98. The Bertz CT molecular complexity index is 792. The van der Waals surface area contributed by atoms with Gasteiger partial charge in [0.15, 0.2) is 5.72 Å². The van der Waals surface area contributed by atoms with Gasteiger partial charge in [-0.2, -0.15) is 0 Å². The molecule has 2 atom stereocenters. The van der Waals surface area contributed by atoms with E-state index in [1.165, 1.54) is 0 Å². The van der Waals surface area contributed by atoms with Crippen molar-refractivity contribution in [3.8, 4) is 5.75 Å². The molecule has 0 aliphatic carbocycles. The Morgan fingerprint density at radius 1 is 1.32 bits per heavy atom. The molecule has 1 fully saturated rings. The third-order valence-corrected chi connectivity index (χ3v) is 5.79. The van der Waals surface area contributed by atoms with Gasteiger partial charge in [-0.25, -0.2) is 0 Å². The Morgan fingerprint density at radius 3 is 2.75 bits per heavy atom. The minimum atomic E-state index is -0.922. The molecule has 1 aromatic rings. The molecule has 1 aromatic carbocycles. The van der Waals surface area contributed by atoms with Crippen molar-refractivity contribution in [2.45, 2.75) is 70.7 Å². The van der Waals surface area contributed by atoms with Gasteiger partial charge in [0.2, 0.25) is 11.8 Å². The van der Waals surface area contributed by atoms with Crippen molar-refractivity contribution < 1.29 is 19.1 Å². The standard InChI is InChI=1S/C21H29N3O4/c1-5-20(3,4)22-18(26)14(2)24-13-12-21(11-10-17(24)25)23-19(27)15-8-6-7-9-16(15)28-21/h6-9,14H,5,10-13H2,1-4H3,(H,22,26)(H,23,27). The van der Waals surface area contributed by atoms with Crippen LogP contribution in [0.1, 0.15) is 63.7 Å². The molecule has 0 bridgehead atoms. The van der Waals surface area contributed by atoms with E-state index < -0.39 is 11.8 Å². The molecule has 1 spiro atoms. The topological polar surface area (TPSA) is 87.7 Å². The number of hydrogen-bond donors (Lipinski definition) is 2. The van der Waals surface area contributed by atoms with Crippen molar-refractivity contribution in [1.29, 1.82) is 0 Å². The van der Waals surface area contributed by atoms with Crippen LogP contribution in [0.15, 0.2) is 24.3 Å². The third-order valence-electron chi connectivity index (χ3n) is 5.79. The monoisotopic (exact) mass is 387 g/mol. The number of carbonyl (C=O) groups excluding carboxylic acids is 3. The van der Waals surface area contributed by atoms with E-state index in [-0.39, 0.29) is 29.7 Å². The minimum Gasteiger partial charge on any atom is -0.467 e. The minimum absolute atomic E-state index is 0.106. The first kappa shape index (κ1) is 20.2. The first-order valence-corrected chi connectivity index (χ1v) is 9.88. The highest BCUT2D eigenvalue weighted by Gasteiger charge is 2.43. The maximum atomic E-state index is 12.7. The number of nitrogens with one attached hydrogen (secondary N) is 2. The van der Waals surface area contributed by atoms with Gasteiger partial charge in [-0.3, -0.25) is 14.4 Å².